The Bertz CT molecular complexity index is 201. The van der Waals surface area contributed by atoms with E-state index >= 15 is 0 Å². The van der Waals surface area contributed by atoms with Crippen LogP contribution in [-0.2, 0) is 14.8 Å². The summed E-state index contributed by atoms with van der Waals surface area (Å²) in [6, 6.07) is 0. The lowest BCUT2D eigenvalue weighted by molar-refractivity contribution is -0.0926. The zero-order chi connectivity index (χ0) is 9.07. The van der Waals surface area contributed by atoms with Gasteiger partial charge in [0.15, 0.2) is 6.29 Å². The van der Waals surface area contributed by atoms with Crippen LogP contribution in [0.15, 0.2) is 0 Å². The third kappa shape index (κ3) is 3.66. The summed E-state index contributed by atoms with van der Waals surface area (Å²) < 4.78 is 25.8. The van der Waals surface area contributed by atoms with E-state index in [4.69, 9.17) is 10.2 Å². The molecule has 0 fully saturated rings. The lowest BCUT2D eigenvalue weighted by atomic mass is 10.5. The van der Waals surface area contributed by atoms with Crippen molar-refractivity contribution >= 4 is 10.0 Å². The number of primary sulfonamides is 1. The molecule has 68 valence electrons. The first-order valence-electron chi connectivity index (χ1n) is 3.21. The molecule has 0 heterocycles. The zero-order valence-electron chi connectivity index (χ0n) is 6.52. The van der Waals surface area contributed by atoms with E-state index in [-0.39, 0.29) is 6.61 Å². The van der Waals surface area contributed by atoms with Crippen molar-refractivity contribution in [3.63, 3.8) is 0 Å². The highest BCUT2D eigenvalue weighted by molar-refractivity contribution is 7.89. The van der Waals surface area contributed by atoms with Crippen LogP contribution in [0.2, 0.25) is 0 Å². The lowest BCUT2D eigenvalue weighted by Crippen LogP contribution is -2.37. The van der Waals surface area contributed by atoms with Crippen LogP contribution in [0.3, 0.4) is 0 Å². The predicted octanol–water partition coefficient (Wildman–Crippen LogP) is -0.982. The van der Waals surface area contributed by atoms with E-state index in [0.717, 1.165) is 0 Å². The molecule has 0 unspecified atom stereocenters. The minimum atomic E-state index is -3.70. The van der Waals surface area contributed by atoms with Crippen LogP contribution in [-0.4, -0.2) is 31.7 Å². The number of hydrogen-bond donors (Lipinski definition) is 2. The summed E-state index contributed by atoms with van der Waals surface area (Å²) in [6.07, 6.45) is -1.34. The van der Waals surface area contributed by atoms with Crippen molar-refractivity contribution in [1.82, 2.24) is 0 Å². The molecule has 2 atom stereocenters. The summed E-state index contributed by atoms with van der Waals surface area (Å²) in [5.41, 5.74) is 0. The Morgan fingerprint density at radius 1 is 1.64 bits per heavy atom. The van der Waals surface area contributed by atoms with Crippen molar-refractivity contribution in [3.8, 4) is 0 Å². The van der Waals surface area contributed by atoms with Crippen LogP contribution < -0.4 is 5.14 Å². The molecule has 0 bridgehead atoms. The molecule has 0 aliphatic heterocycles. The second-order valence-electron chi connectivity index (χ2n) is 2.14. The van der Waals surface area contributed by atoms with Gasteiger partial charge in [-0.3, -0.25) is 0 Å². The van der Waals surface area contributed by atoms with Gasteiger partial charge in [-0.15, -0.1) is 0 Å². The molecule has 0 saturated carbocycles. The van der Waals surface area contributed by atoms with Crippen molar-refractivity contribution in [2.75, 3.05) is 6.61 Å². The standard InChI is InChI=1S/C5H13NO4S/c1-3-10-5(7)4(2)11(6,8)9/h4-5,7H,3H2,1-2H3,(H2,6,8,9)/t4-,5+/m0/s1. The van der Waals surface area contributed by atoms with Gasteiger partial charge in [0.2, 0.25) is 10.0 Å². The Morgan fingerprint density at radius 2 is 2.09 bits per heavy atom. The Kier molecular flexibility index (Phi) is 3.95. The van der Waals surface area contributed by atoms with Crippen molar-refractivity contribution in [2.24, 2.45) is 5.14 Å². The molecular weight excluding hydrogens is 170 g/mol. The Hall–Kier alpha value is -0.170. The van der Waals surface area contributed by atoms with Crippen molar-refractivity contribution in [2.45, 2.75) is 25.4 Å². The number of sulfonamides is 1. The second kappa shape index (κ2) is 4.01. The van der Waals surface area contributed by atoms with E-state index in [1.807, 2.05) is 0 Å². The maximum atomic E-state index is 10.6. The largest absolute Gasteiger partial charge is 0.367 e. The lowest BCUT2D eigenvalue weighted by Gasteiger charge is -2.15. The predicted molar refractivity (Wildman–Crippen MR) is 40.2 cm³/mol. The summed E-state index contributed by atoms with van der Waals surface area (Å²) in [7, 11) is -3.70. The molecule has 3 N–H and O–H groups in total. The molecule has 5 nitrogen and oxygen atoms in total. The van der Waals surface area contributed by atoms with Gasteiger partial charge in [0.1, 0.15) is 5.25 Å². The number of nitrogens with two attached hydrogens (primary N) is 1. The van der Waals surface area contributed by atoms with Crippen molar-refractivity contribution < 1.29 is 18.3 Å². The fraction of sp³-hybridized carbons (Fsp3) is 1.00. The van der Waals surface area contributed by atoms with Gasteiger partial charge in [-0.05, 0) is 13.8 Å². The Balaban J connectivity index is 4.14. The van der Waals surface area contributed by atoms with Gasteiger partial charge in [0, 0.05) is 6.61 Å². The molecule has 0 aromatic heterocycles. The van der Waals surface area contributed by atoms with E-state index in [1.165, 1.54) is 6.92 Å². The molecule has 11 heavy (non-hydrogen) atoms. The first-order valence-corrected chi connectivity index (χ1v) is 4.81. The molecule has 0 saturated heterocycles. The van der Waals surface area contributed by atoms with Gasteiger partial charge in [0.05, 0.1) is 0 Å². The van der Waals surface area contributed by atoms with Crippen LogP contribution >= 0.6 is 0 Å². The van der Waals surface area contributed by atoms with Crippen LogP contribution in [0.1, 0.15) is 13.8 Å². The normalized spacial score (nSPS) is 17.8. The van der Waals surface area contributed by atoms with Crippen LogP contribution in [0.25, 0.3) is 0 Å². The molecule has 0 spiro atoms. The third-order valence-corrected chi connectivity index (χ3v) is 2.53. The topological polar surface area (TPSA) is 89.6 Å². The number of aliphatic hydroxyl groups excluding tert-OH is 1. The number of rotatable bonds is 4. The number of ether oxygens (including phenoxy) is 1. The Morgan fingerprint density at radius 3 is 2.36 bits per heavy atom. The molecular formula is C5H13NO4S. The molecule has 0 amide bonds. The first kappa shape index (κ1) is 10.8. The highest BCUT2D eigenvalue weighted by Gasteiger charge is 2.24. The van der Waals surface area contributed by atoms with Crippen LogP contribution in [0.5, 0.6) is 0 Å². The summed E-state index contributed by atoms with van der Waals surface area (Å²) in [6.45, 7) is 3.19. The summed E-state index contributed by atoms with van der Waals surface area (Å²) in [5, 5.41) is 12.6. The molecule has 0 aliphatic carbocycles. The van der Waals surface area contributed by atoms with E-state index in [0.29, 0.717) is 0 Å². The fourth-order valence-electron chi connectivity index (χ4n) is 0.469. The van der Waals surface area contributed by atoms with Crippen molar-refractivity contribution in [1.29, 1.82) is 0 Å². The maximum absolute atomic E-state index is 10.6. The minimum absolute atomic E-state index is 0.251. The van der Waals surface area contributed by atoms with E-state index in [9.17, 15) is 8.42 Å². The quantitative estimate of drug-likeness (QED) is 0.548. The first-order chi connectivity index (χ1) is 4.89. The van der Waals surface area contributed by atoms with Gasteiger partial charge in [-0.25, -0.2) is 13.6 Å². The smallest absolute Gasteiger partial charge is 0.216 e. The average Bonchev–Trinajstić information content (AvgIpc) is 1.85. The highest BCUT2D eigenvalue weighted by atomic mass is 32.2. The molecule has 6 heteroatoms. The van der Waals surface area contributed by atoms with Gasteiger partial charge in [-0.1, -0.05) is 0 Å². The average molecular weight is 183 g/mol. The third-order valence-electron chi connectivity index (χ3n) is 1.26. The van der Waals surface area contributed by atoms with Gasteiger partial charge in [0.25, 0.3) is 0 Å². The van der Waals surface area contributed by atoms with Gasteiger partial charge >= 0.3 is 0 Å². The monoisotopic (exact) mass is 183 g/mol. The summed E-state index contributed by atoms with van der Waals surface area (Å²) in [5.74, 6) is 0. The summed E-state index contributed by atoms with van der Waals surface area (Å²) >= 11 is 0. The minimum Gasteiger partial charge on any atom is -0.367 e. The highest BCUT2D eigenvalue weighted by Crippen LogP contribution is 2.02. The molecule has 0 rings (SSSR count). The van der Waals surface area contributed by atoms with E-state index in [2.05, 4.69) is 4.74 Å². The molecule has 0 aromatic carbocycles. The molecule has 0 aromatic rings. The van der Waals surface area contributed by atoms with Crippen molar-refractivity contribution in [3.05, 3.63) is 0 Å². The second-order valence-corrected chi connectivity index (χ2v) is 4.06. The summed E-state index contributed by atoms with van der Waals surface area (Å²) in [4.78, 5) is 0. The van der Waals surface area contributed by atoms with E-state index in [1.54, 1.807) is 6.92 Å². The molecule has 0 radical (unpaired) electrons. The zero-order valence-corrected chi connectivity index (χ0v) is 7.34. The van der Waals surface area contributed by atoms with Crippen LogP contribution in [0, 0.1) is 0 Å². The maximum Gasteiger partial charge on any atom is 0.216 e. The number of hydrogen-bond acceptors (Lipinski definition) is 4. The Labute approximate surface area is 66.2 Å². The van der Waals surface area contributed by atoms with Gasteiger partial charge < -0.3 is 9.84 Å². The molecule has 0 aliphatic rings. The van der Waals surface area contributed by atoms with Crippen LogP contribution in [0.4, 0.5) is 0 Å². The van der Waals surface area contributed by atoms with E-state index < -0.39 is 21.6 Å². The fourth-order valence-corrected chi connectivity index (χ4v) is 0.872. The van der Waals surface area contributed by atoms with Gasteiger partial charge in [-0.2, -0.15) is 0 Å². The number of aliphatic hydroxyl groups is 1. The SMILES string of the molecule is CCO[C@@H](O)[C@H](C)S(N)(=O)=O.